The Morgan fingerprint density at radius 2 is 2.10 bits per heavy atom. The van der Waals surface area contributed by atoms with E-state index in [-0.39, 0.29) is 0 Å². The molecule has 5 heteroatoms. The number of ether oxygens (including phenoxy) is 2. The summed E-state index contributed by atoms with van der Waals surface area (Å²) in [6.45, 7) is 7.06. The Hall–Kier alpha value is -1.75. The lowest BCUT2D eigenvalue weighted by molar-refractivity contribution is 0.129. The molecule has 110 valence electrons. The van der Waals surface area contributed by atoms with Crippen molar-refractivity contribution in [2.45, 2.75) is 33.2 Å². The number of hydrogen-bond acceptors (Lipinski definition) is 4. The lowest BCUT2D eigenvalue weighted by Gasteiger charge is -2.07. The highest BCUT2D eigenvalue weighted by Gasteiger charge is 2.11. The molecule has 0 amide bonds. The molecule has 0 aliphatic heterocycles. The number of nitrogens with zero attached hydrogens (tertiary/aromatic N) is 2. The summed E-state index contributed by atoms with van der Waals surface area (Å²) in [5.74, 6) is 1.32. The molecule has 1 heterocycles. The molecule has 0 saturated carbocycles. The highest BCUT2D eigenvalue weighted by molar-refractivity contribution is 5.84. The zero-order valence-corrected chi connectivity index (χ0v) is 12.3. The second-order valence-electron chi connectivity index (χ2n) is 4.64. The van der Waals surface area contributed by atoms with Crippen LogP contribution in [-0.4, -0.2) is 29.4 Å². The number of benzene rings is 1. The summed E-state index contributed by atoms with van der Waals surface area (Å²) in [6.07, 6.45) is 1.97. The molecule has 1 aromatic heterocycles. The van der Waals surface area contributed by atoms with Crippen LogP contribution in [0, 0.1) is 0 Å². The van der Waals surface area contributed by atoms with Crippen molar-refractivity contribution in [1.29, 1.82) is 0 Å². The van der Waals surface area contributed by atoms with Crippen molar-refractivity contribution in [3.8, 4) is 5.75 Å². The average molecular weight is 277 g/mol. The van der Waals surface area contributed by atoms with Crippen LogP contribution in [0.1, 0.15) is 26.7 Å². The predicted molar refractivity (Wildman–Crippen MR) is 81.0 cm³/mol. The van der Waals surface area contributed by atoms with Gasteiger partial charge in [-0.15, -0.1) is 0 Å². The van der Waals surface area contributed by atoms with Gasteiger partial charge in [0.15, 0.2) is 0 Å². The molecule has 0 unspecified atom stereocenters. The zero-order valence-electron chi connectivity index (χ0n) is 12.3. The minimum atomic E-state index is 0.530. The largest absolute Gasteiger partial charge is 0.492 e. The summed E-state index contributed by atoms with van der Waals surface area (Å²) < 4.78 is 13.1. The van der Waals surface area contributed by atoms with Gasteiger partial charge in [-0.05, 0) is 31.9 Å². The number of aryl methyl sites for hydroxylation is 1. The number of rotatable bonds is 8. The Kier molecular flexibility index (Phi) is 5.24. The molecule has 0 aliphatic carbocycles. The molecule has 2 aromatic rings. The third-order valence-corrected chi connectivity index (χ3v) is 3.09. The third kappa shape index (κ3) is 3.22. The lowest BCUT2D eigenvalue weighted by atomic mass is 10.3. The minimum Gasteiger partial charge on any atom is -0.492 e. The van der Waals surface area contributed by atoms with E-state index >= 15 is 0 Å². The van der Waals surface area contributed by atoms with Gasteiger partial charge in [-0.25, -0.2) is 4.98 Å². The molecule has 1 aromatic carbocycles. The van der Waals surface area contributed by atoms with Crippen molar-refractivity contribution < 1.29 is 9.47 Å². The van der Waals surface area contributed by atoms with Crippen molar-refractivity contribution in [3.05, 3.63) is 18.2 Å². The summed E-state index contributed by atoms with van der Waals surface area (Å²) in [7, 11) is 0. The van der Waals surface area contributed by atoms with Crippen molar-refractivity contribution in [3.63, 3.8) is 0 Å². The number of para-hydroxylation sites is 1. The fourth-order valence-electron chi connectivity index (χ4n) is 2.22. The Labute approximate surface area is 119 Å². The number of anilines is 1. The van der Waals surface area contributed by atoms with Crippen molar-refractivity contribution >= 4 is 17.0 Å². The van der Waals surface area contributed by atoms with E-state index in [1.165, 1.54) is 0 Å². The Bertz CT molecular complexity index is 551. The predicted octanol–water partition coefficient (Wildman–Crippen LogP) is 2.83. The standard InChI is InChI=1S/C15H23N3O2/c1-3-10-19-11-6-9-18-12-7-5-8-13(20-4-2)14(12)17-15(18)16/h5,7-8H,3-4,6,9-11H2,1-2H3,(H2,16,17). The molecule has 0 radical (unpaired) electrons. The number of fused-ring (bicyclic) bond motifs is 1. The molecule has 0 aliphatic rings. The number of aromatic nitrogens is 2. The first-order valence-electron chi connectivity index (χ1n) is 7.23. The van der Waals surface area contributed by atoms with E-state index in [1.54, 1.807) is 0 Å². The van der Waals surface area contributed by atoms with E-state index in [4.69, 9.17) is 15.2 Å². The average Bonchev–Trinajstić information content (AvgIpc) is 2.76. The topological polar surface area (TPSA) is 62.3 Å². The van der Waals surface area contributed by atoms with Gasteiger partial charge >= 0.3 is 0 Å². The van der Waals surface area contributed by atoms with Crippen LogP contribution in [0.5, 0.6) is 5.75 Å². The maximum absolute atomic E-state index is 6.01. The van der Waals surface area contributed by atoms with Crippen LogP contribution in [0.25, 0.3) is 11.0 Å². The van der Waals surface area contributed by atoms with Gasteiger partial charge in [-0.2, -0.15) is 0 Å². The second kappa shape index (κ2) is 7.14. The Morgan fingerprint density at radius 3 is 2.85 bits per heavy atom. The molecule has 2 rings (SSSR count). The summed E-state index contributed by atoms with van der Waals surface area (Å²) in [5.41, 5.74) is 7.87. The fourth-order valence-corrected chi connectivity index (χ4v) is 2.22. The Morgan fingerprint density at radius 1 is 1.25 bits per heavy atom. The normalized spacial score (nSPS) is 11.1. The first-order valence-corrected chi connectivity index (χ1v) is 7.23. The highest BCUT2D eigenvalue weighted by atomic mass is 16.5. The van der Waals surface area contributed by atoms with Crippen LogP contribution >= 0.6 is 0 Å². The Balaban J connectivity index is 2.12. The van der Waals surface area contributed by atoms with Gasteiger partial charge in [0.1, 0.15) is 11.3 Å². The van der Waals surface area contributed by atoms with E-state index in [0.29, 0.717) is 12.6 Å². The monoisotopic (exact) mass is 277 g/mol. The van der Waals surface area contributed by atoms with Gasteiger partial charge in [0, 0.05) is 19.8 Å². The molecule has 0 atom stereocenters. The summed E-state index contributed by atoms with van der Waals surface area (Å²) in [4.78, 5) is 4.42. The molecule has 0 bridgehead atoms. The van der Waals surface area contributed by atoms with Crippen LogP contribution in [0.4, 0.5) is 5.95 Å². The fraction of sp³-hybridized carbons (Fsp3) is 0.533. The maximum atomic E-state index is 6.01. The van der Waals surface area contributed by atoms with E-state index in [2.05, 4.69) is 11.9 Å². The van der Waals surface area contributed by atoms with Crippen molar-refractivity contribution in [2.24, 2.45) is 0 Å². The van der Waals surface area contributed by atoms with E-state index in [1.807, 2.05) is 29.7 Å². The number of nitrogens with two attached hydrogens (primary N) is 1. The molecular formula is C15H23N3O2. The van der Waals surface area contributed by atoms with Gasteiger partial charge in [0.2, 0.25) is 5.95 Å². The zero-order chi connectivity index (χ0) is 14.4. The van der Waals surface area contributed by atoms with Crippen LogP contribution in [0.3, 0.4) is 0 Å². The SMILES string of the molecule is CCCOCCCn1c(N)nc2c(OCC)cccc21. The summed E-state index contributed by atoms with van der Waals surface area (Å²) >= 11 is 0. The van der Waals surface area contributed by atoms with Crippen molar-refractivity contribution in [1.82, 2.24) is 9.55 Å². The molecule has 2 N–H and O–H groups in total. The summed E-state index contributed by atoms with van der Waals surface area (Å²) in [6, 6.07) is 5.92. The quantitative estimate of drug-likeness (QED) is 0.754. The molecule has 0 saturated heterocycles. The van der Waals surface area contributed by atoms with Gasteiger partial charge in [0.05, 0.1) is 12.1 Å². The summed E-state index contributed by atoms with van der Waals surface area (Å²) in [5, 5.41) is 0. The number of imidazole rings is 1. The molecular weight excluding hydrogens is 254 g/mol. The molecule has 20 heavy (non-hydrogen) atoms. The maximum Gasteiger partial charge on any atom is 0.201 e. The van der Waals surface area contributed by atoms with Gasteiger partial charge < -0.3 is 19.8 Å². The molecule has 0 fully saturated rings. The van der Waals surface area contributed by atoms with Gasteiger partial charge in [-0.3, -0.25) is 0 Å². The number of nitrogen functional groups attached to an aromatic ring is 1. The number of hydrogen-bond donors (Lipinski definition) is 1. The van der Waals surface area contributed by atoms with Crippen molar-refractivity contribution in [2.75, 3.05) is 25.6 Å². The second-order valence-corrected chi connectivity index (χ2v) is 4.64. The van der Waals surface area contributed by atoms with E-state index in [9.17, 15) is 0 Å². The van der Waals surface area contributed by atoms with Crippen LogP contribution in [0.15, 0.2) is 18.2 Å². The lowest BCUT2D eigenvalue weighted by Crippen LogP contribution is -2.06. The van der Waals surface area contributed by atoms with Gasteiger partial charge in [-0.1, -0.05) is 13.0 Å². The minimum absolute atomic E-state index is 0.530. The van der Waals surface area contributed by atoms with E-state index in [0.717, 1.165) is 49.4 Å². The van der Waals surface area contributed by atoms with E-state index < -0.39 is 0 Å². The van der Waals surface area contributed by atoms with Crippen LogP contribution in [0.2, 0.25) is 0 Å². The van der Waals surface area contributed by atoms with Crippen LogP contribution in [-0.2, 0) is 11.3 Å². The third-order valence-electron chi connectivity index (χ3n) is 3.09. The molecule has 5 nitrogen and oxygen atoms in total. The van der Waals surface area contributed by atoms with Gasteiger partial charge in [0.25, 0.3) is 0 Å². The first-order chi connectivity index (χ1) is 9.77. The van der Waals surface area contributed by atoms with Crippen LogP contribution < -0.4 is 10.5 Å². The smallest absolute Gasteiger partial charge is 0.201 e. The first kappa shape index (κ1) is 14.7. The molecule has 0 spiro atoms. The highest BCUT2D eigenvalue weighted by Crippen LogP contribution is 2.27.